The number of fused-ring (bicyclic) bond motifs is 1. The van der Waals surface area contributed by atoms with E-state index in [1.54, 1.807) is 32.2 Å². The molecule has 0 spiro atoms. The Hall–Kier alpha value is -2.70. The van der Waals surface area contributed by atoms with Gasteiger partial charge in [-0.3, -0.25) is 9.59 Å². The van der Waals surface area contributed by atoms with Crippen molar-refractivity contribution >= 4 is 17.9 Å². The summed E-state index contributed by atoms with van der Waals surface area (Å²) in [5.41, 5.74) is 0.733. The average Bonchev–Trinajstić information content (AvgIpc) is 2.59. The minimum Gasteiger partial charge on any atom is -0.493 e. The van der Waals surface area contributed by atoms with Crippen LogP contribution in [0.25, 0.3) is 6.08 Å². The minimum absolute atomic E-state index is 0.222. The Morgan fingerprint density at radius 2 is 2.08 bits per heavy atom. The smallest absolute Gasteiger partial charge is 0.244 e. The van der Waals surface area contributed by atoms with Crippen LogP contribution in [0.2, 0.25) is 0 Å². The monoisotopic (exact) mass is 334 g/mol. The van der Waals surface area contributed by atoms with E-state index < -0.39 is 6.04 Å². The molecule has 2 rings (SSSR count). The first kappa shape index (κ1) is 17.7. The summed E-state index contributed by atoms with van der Waals surface area (Å²) in [7, 11) is 1.54. The standard InChI is InChI=1S/C17H22N2O5/c1-4-18-17(21)11(2)19-15(20)6-5-12-9-13(22-3)16-14(10-12)23-7-8-24-16/h5-6,9-11H,4,7-8H2,1-3H3,(H,18,21)(H,19,20)/b6-5+/t11-/m1/s1. The second kappa shape index (κ2) is 8.24. The molecule has 2 N–H and O–H groups in total. The fourth-order valence-electron chi connectivity index (χ4n) is 2.22. The molecule has 7 nitrogen and oxygen atoms in total. The second-order valence-corrected chi connectivity index (χ2v) is 5.21. The molecule has 1 aromatic rings. The molecular formula is C17H22N2O5. The molecule has 1 heterocycles. The van der Waals surface area contributed by atoms with Gasteiger partial charge in [0.05, 0.1) is 7.11 Å². The highest BCUT2D eigenvalue weighted by Crippen LogP contribution is 2.40. The van der Waals surface area contributed by atoms with Crippen LogP contribution in [0.3, 0.4) is 0 Å². The average molecular weight is 334 g/mol. The van der Waals surface area contributed by atoms with Gasteiger partial charge in [-0.25, -0.2) is 0 Å². The first-order valence-corrected chi connectivity index (χ1v) is 7.79. The van der Waals surface area contributed by atoms with Crippen LogP contribution in [0.15, 0.2) is 18.2 Å². The van der Waals surface area contributed by atoms with Crippen molar-refractivity contribution in [3.8, 4) is 17.2 Å². The molecule has 1 aromatic carbocycles. The van der Waals surface area contributed by atoms with E-state index >= 15 is 0 Å². The third kappa shape index (κ3) is 4.41. The molecule has 1 aliphatic heterocycles. The largest absolute Gasteiger partial charge is 0.493 e. The number of benzene rings is 1. The van der Waals surface area contributed by atoms with Crippen molar-refractivity contribution in [1.29, 1.82) is 0 Å². The lowest BCUT2D eigenvalue weighted by molar-refractivity contribution is -0.126. The zero-order chi connectivity index (χ0) is 17.5. The third-order valence-corrected chi connectivity index (χ3v) is 3.38. The van der Waals surface area contributed by atoms with Gasteiger partial charge in [-0.15, -0.1) is 0 Å². The van der Waals surface area contributed by atoms with E-state index in [0.29, 0.717) is 37.0 Å². The molecule has 0 fully saturated rings. The van der Waals surface area contributed by atoms with Crippen molar-refractivity contribution in [1.82, 2.24) is 10.6 Å². The Bertz CT molecular complexity index is 625. The van der Waals surface area contributed by atoms with E-state index in [1.807, 2.05) is 6.92 Å². The first-order valence-electron chi connectivity index (χ1n) is 7.79. The SMILES string of the molecule is CCNC(=O)[C@@H](C)NC(=O)/C=C/c1cc(OC)c2c(c1)OCCO2. The van der Waals surface area contributed by atoms with Crippen molar-refractivity contribution in [3.63, 3.8) is 0 Å². The number of ether oxygens (including phenoxy) is 3. The van der Waals surface area contributed by atoms with Crippen LogP contribution in [-0.2, 0) is 9.59 Å². The fourth-order valence-corrected chi connectivity index (χ4v) is 2.22. The summed E-state index contributed by atoms with van der Waals surface area (Å²) in [6.45, 7) is 4.91. The van der Waals surface area contributed by atoms with Gasteiger partial charge in [-0.05, 0) is 37.6 Å². The van der Waals surface area contributed by atoms with Gasteiger partial charge < -0.3 is 24.8 Å². The highest BCUT2D eigenvalue weighted by Gasteiger charge is 2.18. The number of methoxy groups -OCH3 is 1. The fraction of sp³-hybridized carbons (Fsp3) is 0.412. The summed E-state index contributed by atoms with van der Waals surface area (Å²) in [5, 5.41) is 5.25. The van der Waals surface area contributed by atoms with E-state index in [4.69, 9.17) is 14.2 Å². The number of carbonyl (C=O) groups is 2. The van der Waals surface area contributed by atoms with Crippen molar-refractivity contribution in [2.45, 2.75) is 19.9 Å². The molecule has 0 bridgehead atoms. The van der Waals surface area contributed by atoms with E-state index in [0.717, 1.165) is 5.56 Å². The molecule has 0 saturated carbocycles. The summed E-state index contributed by atoms with van der Waals surface area (Å²) in [6, 6.07) is 2.93. The van der Waals surface area contributed by atoms with Gasteiger partial charge in [0.15, 0.2) is 11.5 Å². The van der Waals surface area contributed by atoms with Crippen molar-refractivity contribution in [2.75, 3.05) is 26.9 Å². The van der Waals surface area contributed by atoms with Crippen molar-refractivity contribution in [3.05, 3.63) is 23.8 Å². The highest BCUT2D eigenvalue weighted by molar-refractivity contribution is 5.95. The van der Waals surface area contributed by atoms with Crippen molar-refractivity contribution < 1.29 is 23.8 Å². The zero-order valence-corrected chi connectivity index (χ0v) is 14.0. The Kier molecular flexibility index (Phi) is 6.06. The molecule has 1 aliphatic rings. The number of carbonyl (C=O) groups excluding carboxylic acids is 2. The molecular weight excluding hydrogens is 312 g/mol. The number of hydrogen-bond acceptors (Lipinski definition) is 5. The minimum atomic E-state index is -0.600. The van der Waals surface area contributed by atoms with Gasteiger partial charge in [0.1, 0.15) is 19.3 Å². The maximum absolute atomic E-state index is 11.9. The summed E-state index contributed by atoms with van der Waals surface area (Å²) in [6.07, 6.45) is 2.99. The second-order valence-electron chi connectivity index (χ2n) is 5.21. The van der Waals surface area contributed by atoms with Crippen LogP contribution < -0.4 is 24.8 Å². The molecule has 0 saturated heterocycles. The summed E-state index contributed by atoms with van der Waals surface area (Å²) >= 11 is 0. The predicted octanol–water partition coefficient (Wildman–Crippen LogP) is 1.12. The topological polar surface area (TPSA) is 85.9 Å². The molecule has 130 valence electrons. The Balaban J connectivity index is 2.06. The molecule has 1 atom stereocenters. The van der Waals surface area contributed by atoms with E-state index in [-0.39, 0.29) is 11.8 Å². The van der Waals surface area contributed by atoms with Crippen LogP contribution in [0, 0.1) is 0 Å². The Morgan fingerprint density at radius 1 is 1.33 bits per heavy atom. The predicted molar refractivity (Wildman–Crippen MR) is 89.3 cm³/mol. The third-order valence-electron chi connectivity index (χ3n) is 3.38. The maximum Gasteiger partial charge on any atom is 0.244 e. The molecule has 0 aliphatic carbocycles. The first-order chi connectivity index (χ1) is 11.5. The van der Waals surface area contributed by atoms with Crippen LogP contribution in [0.4, 0.5) is 0 Å². The number of amides is 2. The molecule has 0 radical (unpaired) electrons. The van der Waals surface area contributed by atoms with Gasteiger partial charge in [0, 0.05) is 12.6 Å². The number of rotatable bonds is 6. The summed E-state index contributed by atoms with van der Waals surface area (Å²) in [5.74, 6) is 1.11. The molecule has 2 amide bonds. The van der Waals surface area contributed by atoms with E-state index in [1.165, 1.54) is 6.08 Å². The number of nitrogens with one attached hydrogen (secondary N) is 2. The lowest BCUT2D eigenvalue weighted by Gasteiger charge is -2.20. The Labute approximate surface area is 141 Å². The maximum atomic E-state index is 11.9. The Morgan fingerprint density at radius 3 is 2.79 bits per heavy atom. The van der Waals surface area contributed by atoms with Crippen LogP contribution in [0.5, 0.6) is 17.2 Å². The van der Waals surface area contributed by atoms with Crippen molar-refractivity contribution in [2.24, 2.45) is 0 Å². The van der Waals surface area contributed by atoms with Crippen LogP contribution in [-0.4, -0.2) is 44.7 Å². The van der Waals surface area contributed by atoms with Gasteiger partial charge in [-0.2, -0.15) is 0 Å². The lowest BCUT2D eigenvalue weighted by Crippen LogP contribution is -2.44. The van der Waals surface area contributed by atoms with Gasteiger partial charge in [0.25, 0.3) is 0 Å². The summed E-state index contributed by atoms with van der Waals surface area (Å²) in [4.78, 5) is 23.5. The highest BCUT2D eigenvalue weighted by atomic mass is 16.6. The number of hydrogen-bond donors (Lipinski definition) is 2. The van der Waals surface area contributed by atoms with Gasteiger partial charge in [0.2, 0.25) is 17.6 Å². The normalized spacial score (nSPS) is 14.1. The lowest BCUT2D eigenvalue weighted by atomic mass is 10.1. The number of likely N-dealkylation sites (N-methyl/N-ethyl adjacent to an activating group) is 1. The molecule has 0 aromatic heterocycles. The van der Waals surface area contributed by atoms with E-state index in [9.17, 15) is 9.59 Å². The van der Waals surface area contributed by atoms with E-state index in [2.05, 4.69) is 10.6 Å². The zero-order valence-electron chi connectivity index (χ0n) is 14.0. The van der Waals surface area contributed by atoms with Crippen LogP contribution in [0.1, 0.15) is 19.4 Å². The van der Waals surface area contributed by atoms with Crippen LogP contribution >= 0.6 is 0 Å². The summed E-state index contributed by atoms with van der Waals surface area (Å²) < 4.78 is 16.4. The molecule has 7 heteroatoms. The van der Waals surface area contributed by atoms with Gasteiger partial charge >= 0.3 is 0 Å². The quantitative estimate of drug-likeness (QED) is 0.762. The molecule has 24 heavy (non-hydrogen) atoms. The molecule has 0 unspecified atom stereocenters. The van der Waals surface area contributed by atoms with Gasteiger partial charge in [-0.1, -0.05) is 0 Å².